The second-order valence-electron chi connectivity index (χ2n) is 6.04. The lowest BCUT2D eigenvalue weighted by molar-refractivity contribution is -0.151. The van der Waals surface area contributed by atoms with Crippen molar-refractivity contribution in [1.29, 1.82) is 0 Å². The lowest BCUT2D eigenvalue weighted by Gasteiger charge is -2.13. The number of rotatable bonds is 1. The zero-order chi connectivity index (χ0) is 18.4. The number of benzene rings is 2. The number of amides is 1. The third-order valence-electron chi connectivity index (χ3n) is 4.00. The topological polar surface area (TPSA) is 81.7 Å². The number of fused-ring (bicyclic) bond motifs is 10. The highest BCUT2D eigenvalue weighted by Gasteiger charge is 2.16. The Hall–Kier alpha value is -3.15. The second-order valence-corrected chi connectivity index (χ2v) is 6.04. The van der Waals surface area contributed by atoms with Gasteiger partial charge in [0.05, 0.1) is 0 Å². The summed E-state index contributed by atoms with van der Waals surface area (Å²) in [5.41, 5.74) is 1.80. The first-order valence-electron chi connectivity index (χ1n) is 8.39. The van der Waals surface area contributed by atoms with E-state index in [0.29, 0.717) is 24.2 Å². The van der Waals surface area contributed by atoms with E-state index < -0.39 is 12.1 Å². The van der Waals surface area contributed by atoms with Crippen molar-refractivity contribution in [3.8, 4) is 11.5 Å². The third-order valence-corrected chi connectivity index (χ3v) is 4.00. The maximum Gasteiger partial charge on any atom is 0.326 e. The molecule has 0 radical (unpaired) electrons. The number of esters is 1. The van der Waals surface area contributed by atoms with Crippen LogP contribution in [0, 0.1) is 0 Å². The SMILES string of the molecule is O=CC1Cc2cccc(c2)Oc2ccc(cc2)CCC(=O)NCC(=O)O1. The maximum atomic E-state index is 11.8. The predicted molar refractivity (Wildman–Crippen MR) is 93.9 cm³/mol. The number of aldehydes is 1. The standard InChI is InChI=1S/C20H19NO5/c22-13-18-11-15-2-1-3-17(10-15)25-16-7-4-14(5-8-16)6-9-19(23)21-12-20(24)26-18/h1-5,7-8,10,13,18H,6,9,11-12H2,(H,21,23). The molecule has 2 heterocycles. The molecule has 6 heteroatoms. The van der Waals surface area contributed by atoms with Gasteiger partial charge in [0.25, 0.3) is 0 Å². The largest absolute Gasteiger partial charge is 0.457 e. The molecule has 0 spiro atoms. The summed E-state index contributed by atoms with van der Waals surface area (Å²) in [6.07, 6.45) is 0.710. The van der Waals surface area contributed by atoms with Crippen LogP contribution in [0.25, 0.3) is 0 Å². The van der Waals surface area contributed by atoms with Gasteiger partial charge in [0.1, 0.15) is 18.0 Å². The van der Waals surface area contributed by atoms with E-state index in [1.54, 1.807) is 6.07 Å². The fourth-order valence-corrected chi connectivity index (χ4v) is 2.67. The van der Waals surface area contributed by atoms with Gasteiger partial charge in [-0.05, 0) is 41.8 Å². The Labute approximate surface area is 151 Å². The first-order chi connectivity index (χ1) is 12.6. The number of carbonyl (C=O) groups excluding carboxylic acids is 3. The summed E-state index contributed by atoms with van der Waals surface area (Å²) in [6.45, 7) is -0.259. The van der Waals surface area contributed by atoms with Crippen LogP contribution in [-0.2, 0) is 32.0 Å². The fourth-order valence-electron chi connectivity index (χ4n) is 2.67. The molecular weight excluding hydrogens is 334 g/mol. The van der Waals surface area contributed by atoms with E-state index in [-0.39, 0.29) is 25.3 Å². The van der Waals surface area contributed by atoms with Crippen molar-refractivity contribution in [2.45, 2.75) is 25.4 Å². The highest BCUT2D eigenvalue weighted by atomic mass is 16.5. The molecular formula is C20H19NO5. The quantitative estimate of drug-likeness (QED) is 0.628. The van der Waals surface area contributed by atoms with E-state index >= 15 is 0 Å². The molecule has 0 saturated heterocycles. The van der Waals surface area contributed by atoms with Crippen LogP contribution in [0.5, 0.6) is 11.5 Å². The van der Waals surface area contributed by atoms with Gasteiger partial charge < -0.3 is 14.8 Å². The maximum absolute atomic E-state index is 11.8. The average molecular weight is 353 g/mol. The smallest absolute Gasteiger partial charge is 0.326 e. The molecule has 134 valence electrons. The molecule has 26 heavy (non-hydrogen) atoms. The number of ether oxygens (including phenoxy) is 2. The number of aryl methyl sites for hydroxylation is 1. The van der Waals surface area contributed by atoms with E-state index in [9.17, 15) is 14.4 Å². The van der Waals surface area contributed by atoms with Gasteiger partial charge in [-0.25, -0.2) is 0 Å². The van der Waals surface area contributed by atoms with Crippen LogP contribution < -0.4 is 10.1 Å². The van der Waals surface area contributed by atoms with Crippen molar-refractivity contribution in [3.05, 3.63) is 59.7 Å². The average Bonchev–Trinajstić information content (AvgIpc) is 2.65. The summed E-state index contributed by atoms with van der Waals surface area (Å²) in [4.78, 5) is 34.9. The molecule has 0 aliphatic carbocycles. The van der Waals surface area contributed by atoms with Crippen LogP contribution in [0.15, 0.2) is 48.5 Å². The van der Waals surface area contributed by atoms with E-state index in [1.165, 1.54) is 0 Å². The molecule has 4 bridgehead atoms. The van der Waals surface area contributed by atoms with Crippen molar-refractivity contribution in [2.75, 3.05) is 6.54 Å². The van der Waals surface area contributed by atoms with E-state index in [2.05, 4.69) is 5.32 Å². The van der Waals surface area contributed by atoms with Gasteiger partial charge in [0.15, 0.2) is 12.4 Å². The van der Waals surface area contributed by atoms with Gasteiger partial charge in [0.2, 0.25) is 5.91 Å². The molecule has 1 atom stereocenters. The monoisotopic (exact) mass is 353 g/mol. The predicted octanol–water partition coefficient (Wildman–Crippen LogP) is 2.19. The van der Waals surface area contributed by atoms with Crippen LogP contribution >= 0.6 is 0 Å². The van der Waals surface area contributed by atoms with Gasteiger partial charge >= 0.3 is 5.97 Å². The minimum Gasteiger partial charge on any atom is -0.457 e. The van der Waals surface area contributed by atoms with Crippen molar-refractivity contribution in [2.24, 2.45) is 0 Å². The van der Waals surface area contributed by atoms with Crippen LogP contribution in [0.3, 0.4) is 0 Å². The van der Waals surface area contributed by atoms with Gasteiger partial charge in [-0.2, -0.15) is 0 Å². The van der Waals surface area contributed by atoms with Crippen LogP contribution in [-0.4, -0.2) is 30.8 Å². The molecule has 1 unspecified atom stereocenters. The summed E-state index contributed by atoms with van der Waals surface area (Å²) in [7, 11) is 0. The molecule has 0 saturated carbocycles. The van der Waals surface area contributed by atoms with Crippen LogP contribution in [0.1, 0.15) is 17.5 Å². The molecule has 6 nitrogen and oxygen atoms in total. The summed E-state index contributed by atoms with van der Waals surface area (Å²) < 4.78 is 11.0. The van der Waals surface area contributed by atoms with E-state index in [0.717, 1.165) is 11.1 Å². The molecule has 0 fully saturated rings. The van der Waals surface area contributed by atoms with Crippen LogP contribution in [0.2, 0.25) is 0 Å². The van der Waals surface area contributed by atoms with Gasteiger partial charge in [0, 0.05) is 12.8 Å². The molecule has 0 aromatic heterocycles. The highest BCUT2D eigenvalue weighted by molar-refractivity contribution is 5.82. The fraction of sp³-hybridized carbons (Fsp3) is 0.250. The highest BCUT2D eigenvalue weighted by Crippen LogP contribution is 2.23. The normalized spacial score (nSPS) is 18.2. The second kappa shape index (κ2) is 8.29. The Morgan fingerprint density at radius 2 is 1.77 bits per heavy atom. The van der Waals surface area contributed by atoms with Crippen LogP contribution in [0.4, 0.5) is 0 Å². The lowest BCUT2D eigenvalue weighted by atomic mass is 10.1. The Bertz CT molecular complexity index is 800. The summed E-state index contributed by atoms with van der Waals surface area (Å²) in [6, 6.07) is 14.8. The molecule has 2 aliphatic rings. The van der Waals surface area contributed by atoms with Crippen molar-refractivity contribution >= 4 is 18.2 Å². The van der Waals surface area contributed by atoms with Crippen molar-refractivity contribution in [3.63, 3.8) is 0 Å². The lowest BCUT2D eigenvalue weighted by Crippen LogP contribution is -2.33. The van der Waals surface area contributed by atoms with Gasteiger partial charge in [-0.15, -0.1) is 0 Å². The molecule has 2 aliphatic heterocycles. The molecule has 1 N–H and O–H groups in total. The summed E-state index contributed by atoms with van der Waals surface area (Å²) in [5.74, 6) is 0.419. The number of hydrogen-bond acceptors (Lipinski definition) is 5. The minimum atomic E-state index is -0.913. The number of nitrogens with one attached hydrogen (secondary N) is 1. The van der Waals surface area contributed by atoms with Gasteiger partial charge in [-0.3, -0.25) is 14.4 Å². The van der Waals surface area contributed by atoms with Crippen molar-refractivity contribution < 1.29 is 23.9 Å². The molecule has 1 amide bonds. The first kappa shape index (κ1) is 17.7. The van der Waals surface area contributed by atoms with E-state index in [1.807, 2.05) is 42.5 Å². The third kappa shape index (κ3) is 4.92. The molecule has 4 rings (SSSR count). The minimum absolute atomic E-state index is 0.235. The summed E-state index contributed by atoms with van der Waals surface area (Å²) >= 11 is 0. The molecule has 2 aromatic carbocycles. The Morgan fingerprint density at radius 1 is 0.962 bits per heavy atom. The number of carbonyl (C=O) groups is 3. The summed E-state index contributed by atoms with van der Waals surface area (Å²) in [5, 5.41) is 2.51. The zero-order valence-electron chi connectivity index (χ0n) is 14.1. The number of hydrogen-bond donors (Lipinski definition) is 1. The van der Waals surface area contributed by atoms with Crippen molar-refractivity contribution in [1.82, 2.24) is 5.32 Å². The Morgan fingerprint density at radius 3 is 2.54 bits per heavy atom. The Kier molecular flexibility index (Phi) is 5.63. The molecule has 2 aromatic rings. The first-order valence-corrected chi connectivity index (χ1v) is 8.39. The Balaban J connectivity index is 1.85. The zero-order valence-corrected chi connectivity index (χ0v) is 14.1. The van der Waals surface area contributed by atoms with E-state index in [4.69, 9.17) is 9.47 Å². The van der Waals surface area contributed by atoms with Gasteiger partial charge in [-0.1, -0.05) is 24.3 Å².